The van der Waals surface area contributed by atoms with Crippen LogP contribution in [0.25, 0.3) is 11.0 Å². The summed E-state index contributed by atoms with van der Waals surface area (Å²) < 4.78 is 1.79. The van der Waals surface area contributed by atoms with Gasteiger partial charge in [0.15, 0.2) is 0 Å². The second kappa shape index (κ2) is 6.98. The van der Waals surface area contributed by atoms with Gasteiger partial charge >= 0.3 is 0 Å². The van der Waals surface area contributed by atoms with E-state index in [1.807, 2.05) is 19.9 Å². The van der Waals surface area contributed by atoms with E-state index >= 15 is 0 Å². The molecular weight excluding hydrogens is 324 g/mol. The maximum atomic E-state index is 13.4. The Morgan fingerprint density at radius 3 is 2.62 bits per heavy atom. The van der Waals surface area contributed by atoms with Crippen molar-refractivity contribution in [1.82, 2.24) is 19.5 Å². The van der Waals surface area contributed by atoms with Crippen LogP contribution in [0.2, 0.25) is 0 Å². The lowest BCUT2D eigenvalue weighted by molar-refractivity contribution is 0.439. The van der Waals surface area contributed by atoms with Crippen LogP contribution >= 0.6 is 0 Å². The lowest BCUT2D eigenvalue weighted by atomic mass is 9.84. The Kier molecular flexibility index (Phi) is 4.53. The van der Waals surface area contributed by atoms with Crippen molar-refractivity contribution in [2.45, 2.75) is 58.4 Å². The highest BCUT2D eigenvalue weighted by Crippen LogP contribution is 2.32. The molecule has 26 heavy (non-hydrogen) atoms. The van der Waals surface area contributed by atoms with E-state index in [1.165, 1.54) is 19.3 Å². The Hall–Kier alpha value is -2.56. The van der Waals surface area contributed by atoms with Gasteiger partial charge in [-0.1, -0.05) is 19.3 Å². The predicted octanol–water partition coefficient (Wildman–Crippen LogP) is 3.90. The number of hydrogen-bond donors (Lipinski definition) is 0. The van der Waals surface area contributed by atoms with Crippen molar-refractivity contribution in [3.8, 4) is 0 Å². The Morgan fingerprint density at radius 1 is 1.08 bits per heavy atom. The molecule has 134 valence electrons. The minimum Gasteiger partial charge on any atom is -0.286 e. The molecular formula is C21H24N4O. The van der Waals surface area contributed by atoms with Gasteiger partial charge in [-0.05, 0) is 50.8 Å². The molecule has 0 saturated heterocycles. The van der Waals surface area contributed by atoms with Crippen LogP contribution in [-0.4, -0.2) is 19.5 Å². The molecule has 0 atom stereocenters. The molecule has 0 radical (unpaired) electrons. The first kappa shape index (κ1) is 16.9. The monoisotopic (exact) mass is 348 g/mol. The summed E-state index contributed by atoms with van der Waals surface area (Å²) >= 11 is 0. The van der Waals surface area contributed by atoms with Gasteiger partial charge in [-0.25, -0.2) is 4.98 Å². The molecule has 3 aromatic rings. The van der Waals surface area contributed by atoms with Gasteiger partial charge in [-0.15, -0.1) is 0 Å². The highest BCUT2D eigenvalue weighted by atomic mass is 16.1. The van der Waals surface area contributed by atoms with Gasteiger partial charge in [0.1, 0.15) is 5.65 Å². The van der Waals surface area contributed by atoms with Crippen LogP contribution in [-0.2, 0) is 6.54 Å². The van der Waals surface area contributed by atoms with Gasteiger partial charge in [0.05, 0.1) is 17.9 Å². The third-order valence-corrected chi connectivity index (χ3v) is 5.44. The van der Waals surface area contributed by atoms with Crippen LogP contribution in [0.3, 0.4) is 0 Å². The van der Waals surface area contributed by atoms with E-state index < -0.39 is 0 Å². The topological polar surface area (TPSA) is 60.7 Å². The maximum Gasteiger partial charge on any atom is 0.256 e. The molecule has 0 unspecified atom stereocenters. The first-order chi connectivity index (χ1) is 12.6. The molecule has 1 aliphatic carbocycles. The zero-order chi connectivity index (χ0) is 18.1. The van der Waals surface area contributed by atoms with Gasteiger partial charge in [-0.3, -0.25) is 19.3 Å². The summed E-state index contributed by atoms with van der Waals surface area (Å²) in [5, 5.41) is 1.03. The quantitative estimate of drug-likeness (QED) is 0.720. The fraction of sp³-hybridized carbons (Fsp3) is 0.429. The van der Waals surface area contributed by atoms with Crippen LogP contribution in [0.4, 0.5) is 0 Å². The molecule has 0 aromatic carbocycles. The van der Waals surface area contributed by atoms with Crippen molar-refractivity contribution in [2.75, 3.05) is 0 Å². The Morgan fingerprint density at radius 2 is 1.85 bits per heavy atom. The van der Waals surface area contributed by atoms with E-state index in [-0.39, 0.29) is 5.56 Å². The number of nitrogens with zero attached hydrogens (tertiary/aromatic N) is 4. The van der Waals surface area contributed by atoms with Crippen LogP contribution in [0, 0.1) is 13.8 Å². The second-order valence-electron chi connectivity index (χ2n) is 7.28. The molecule has 1 fully saturated rings. The average molecular weight is 348 g/mol. The lowest BCUT2D eigenvalue weighted by Crippen LogP contribution is -2.28. The molecule has 0 spiro atoms. The number of hydrogen-bond acceptors (Lipinski definition) is 4. The zero-order valence-electron chi connectivity index (χ0n) is 15.4. The highest BCUT2D eigenvalue weighted by Gasteiger charge is 2.21. The molecule has 0 N–H and O–H groups in total. The molecule has 0 aliphatic heterocycles. The molecule has 0 amide bonds. The Labute approximate surface area is 153 Å². The number of pyridine rings is 2. The van der Waals surface area contributed by atoms with Gasteiger partial charge in [0.2, 0.25) is 0 Å². The van der Waals surface area contributed by atoms with Crippen molar-refractivity contribution in [3.63, 3.8) is 0 Å². The molecule has 1 aliphatic rings. The Bertz CT molecular complexity index is 1000. The number of aryl methyl sites for hydroxylation is 2. The standard InChI is InChI=1S/C21H24N4O/c1-14-8-9-17-12-18(16-6-4-3-5-7-16)21(26)25(20(17)24-14)13-19-15(2)22-10-11-23-19/h8-12,16H,3-7,13H2,1-2H3. The fourth-order valence-corrected chi connectivity index (χ4v) is 3.96. The normalized spacial score (nSPS) is 15.5. The summed E-state index contributed by atoms with van der Waals surface area (Å²) in [5.74, 6) is 0.358. The lowest BCUT2D eigenvalue weighted by Gasteiger charge is -2.23. The summed E-state index contributed by atoms with van der Waals surface area (Å²) in [7, 11) is 0. The summed E-state index contributed by atoms with van der Waals surface area (Å²) in [6.45, 7) is 4.29. The van der Waals surface area contributed by atoms with E-state index in [4.69, 9.17) is 0 Å². The summed E-state index contributed by atoms with van der Waals surface area (Å²) in [6, 6.07) is 6.15. The van der Waals surface area contributed by atoms with E-state index in [9.17, 15) is 4.79 Å². The fourth-order valence-electron chi connectivity index (χ4n) is 3.96. The average Bonchev–Trinajstić information content (AvgIpc) is 2.66. The summed E-state index contributed by atoms with van der Waals surface area (Å²) in [5.41, 5.74) is 4.33. The van der Waals surface area contributed by atoms with Crippen molar-refractivity contribution in [2.24, 2.45) is 0 Å². The van der Waals surface area contributed by atoms with Crippen LogP contribution in [0.15, 0.2) is 35.4 Å². The van der Waals surface area contributed by atoms with Crippen LogP contribution < -0.4 is 5.56 Å². The zero-order valence-corrected chi connectivity index (χ0v) is 15.4. The largest absolute Gasteiger partial charge is 0.286 e. The van der Waals surface area contributed by atoms with Crippen molar-refractivity contribution in [1.29, 1.82) is 0 Å². The molecule has 5 heteroatoms. The molecule has 3 aromatic heterocycles. The van der Waals surface area contributed by atoms with E-state index in [1.54, 1.807) is 17.0 Å². The molecule has 4 rings (SSSR count). The van der Waals surface area contributed by atoms with E-state index in [2.05, 4.69) is 27.1 Å². The Balaban J connectivity index is 1.90. The van der Waals surface area contributed by atoms with Gasteiger partial charge in [0.25, 0.3) is 5.56 Å². The van der Waals surface area contributed by atoms with Crippen LogP contribution in [0.5, 0.6) is 0 Å². The minimum atomic E-state index is 0.0764. The van der Waals surface area contributed by atoms with Gasteiger partial charge < -0.3 is 0 Å². The maximum absolute atomic E-state index is 13.4. The van der Waals surface area contributed by atoms with Gasteiger partial charge in [-0.2, -0.15) is 0 Å². The molecule has 0 bridgehead atoms. The molecule has 5 nitrogen and oxygen atoms in total. The third-order valence-electron chi connectivity index (χ3n) is 5.44. The predicted molar refractivity (Wildman–Crippen MR) is 102 cm³/mol. The smallest absolute Gasteiger partial charge is 0.256 e. The number of aromatic nitrogens is 4. The van der Waals surface area contributed by atoms with Crippen molar-refractivity contribution in [3.05, 3.63) is 63.6 Å². The second-order valence-corrected chi connectivity index (χ2v) is 7.28. The van der Waals surface area contributed by atoms with Crippen LogP contribution in [0.1, 0.15) is 60.7 Å². The SMILES string of the molecule is Cc1ccc2cc(C3CCCCC3)c(=O)n(Cc3nccnc3C)c2n1. The number of rotatable bonds is 3. The van der Waals surface area contributed by atoms with E-state index in [0.717, 1.165) is 46.5 Å². The third kappa shape index (κ3) is 3.14. The molecule has 3 heterocycles. The van der Waals surface area contributed by atoms with Crippen molar-refractivity contribution < 1.29 is 0 Å². The highest BCUT2D eigenvalue weighted by molar-refractivity contribution is 5.76. The van der Waals surface area contributed by atoms with E-state index in [0.29, 0.717) is 12.5 Å². The summed E-state index contributed by atoms with van der Waals surface area (Å²) in [6.07, 6.45) is 9.25. The molecule has 1 saturated carbocycles. The van der Waals surface area contributed by atoms with Gasteiger partial charge in [0, 0.05) is 29.0 Å². The minimum absolute atomic E-state index is 0.0764. The summed E-state index contributed by atoms with van der Waals surface area (Å²) in [4.78, 5) is 26.8. The first-order valence-electron chi connectivity index (χ1n) is 9.41. The first-order valence-corrected chi connectivity index (χ1v) is 9.41. The van der Waals surface area contributed by atoms with Crippen molar-refractivity contribution >= 4 is 11.0 Å². The number of fused-ring (bicyclic) bond motifs is 1.